The summed E-state index contributed by atoms with van der Waals surface area (Å²) in [5, 5.41) is 13.1. The van der Waals surface area contributed by atoms with Crippen molar-refractivity contribution in [2.75, 3.05) is 0 Å². The van der Waals surface area contributed by atoms with Crippen LogP contribution in [0.3, 0.4) is 0 Å². The minimum atomic E-state index is -0.986. The van der Waals surface area contributed by atoms with Crippen LogP contribution < -0.4 is 0 Å². The number of aromatic nitrogens is 4. The van der Waals surface area contributed by atoms with E-state index < -0.39 is 5.97 Å². The number of nitrogens with zero attached hydrogens (tertiary/aromatic N) is 4. The van der Waals surface area contributed by atoms with Gasteiger partial charge >= 0.3 is 5.97 Å². The molecule has 0 radical (unpaired) electrons. The van der Waals surface area contributed by atoms with Crippen LogP contribution in [-0.4, -0.2) is 30.7 Å². The number of carboxylic acid groups (broad SMARTS) is 1. The largest absolute Gasteiger partial charge is 0.478 e. The molecule has 1 N–H and O–H groups in total. The van der Waals surface area contributed by atoms with Gasteiger partial charge in [-0.1, -0.05) is 0 Å². The molecule has 3 heterocycles. The highest BCUT2D eigenvalue weighted by Crippen LogP contribution is 2.18. The standard InChI is InChI=1S/C12H8N4O2/c17-12(18)8-3-5-13-9(6-8)10-7-14-11-2-1-4-15-16(10)11/h1-7H,(H,17,18). The number of hydrogen-bond acceptors (Lipinski definition) is 4. The molecule has 0 aliphatic rings. The molecule has 0 amide bonds. The summed E-state index contributed by atoms with van der Waals surface area (Å²) in [7, 11) is 0. The molecule has 0 unspecified atom stereocenters. The highest BCUT2D eigenvalue weighted by Gasteiger charge is 2.10. The number of rotatable bonds is 2. The second-order valence-corrected chi connectivity index (χ2v) is 3.67. The van der Waals surface area contributed by atoms with Gasteiger partial charge in [0.25, 0.3) is 0 Å². The molecule has 0 bridgehead atoms. The fraction of sp³-hybridized carbons (Fsp3) is 0. The van der Waals surface area contributed by atoms with Gasteiger partial charge in [0, 0.05) is 12.4 Å². The van der Waals surface area contributed by atoms with Crippen LogP contribution in [0.1, 0.15) is 10.4 Å². The Bertz CT molecular complexity index is 736. The molecule has 18 heavy (non-hydrogen) atoms. The lowest BCUT2D eigenvalue weighted by atomic mass is 10.2. The molecule has 0 aromatic carbocycles. The Kier molecular flexibility index (Phi) is 2.26. The Labute approximate surface area is 102 Å². The van der Waals surface area contributed by atoms with Gasteiger partial charge in [-0.05, 0) is 24.3 Å². The second kappa shape index (κ2) is 3.92. The summed E-state index contributed by atoms with van der Waals surface area (Å²) in [5.41, 5.74) is 2.07. The van der Waals surface area contributed by atoms with Crippen LogP contribution in [-0.2, 0) is 0 Å². The van der Waals surface area contributed by atoms with Gasteiger partial charge in [-0.15, -0.1) is 0 Å². The van der Waals surface area contributed by atoms with Crippen molar-refractivity contribution >= 4 is 11.6 Å². The summed E-state index contributed by atoms with van der Waals surface area (Å²) < 4.78 is 1.62. The lowest BCUT2D eigenvalue weighted by Gasteiger charge is -2.00. The van der Waals surface area contributed by atoms with Gasteiger partial charge in [0.1, 0.15) is 5.69 Å². The van der Waals surface area contributed by atoms with Gasteiger partial charge in [0.05, 0.1) is 17.5 Å². The fourth-order valence-corrected chi connectivity index (χ4v) is 1.71. The molecule has 0 aliphatic heterocycles. The van der Waals surface area contributed by atoms with Crippen molar-refractivity contribution in [3.63, 3.8) is 0 Å². The van der Waals surface area contributed by atoms with Crippen molar-refractivity contribution < 1.29 is 9.90 Å². The smallest absolute Gasteiger partial charge is 0.335 e. The van der Waals surface area contributed by atoms with E-state index in [-0.39, 0.29) is 5.56 Å². The molecule has 6 nitrogen and oxygen atoms in total. The van der Waals surface area contributed by atoms with E-state index in [2.05, 4.69) is 15.1 Å². The van der Waals surface area contributed by atoms with Gasteiger partial charge in [-0.25, -0.2) is 14.3 Å². The summed E-state index contributed by atoms with van der Waals surface area (Å²) in [4.78, 5) is 19.3. The Morgan fingerprint density at radius 3 is 2.94 bits per heavy atom. The maximum absolute atomic E-state index is 10.9. The van der Waals surface area contributed by atoms with Crippen LogP contribution in [0.5, 0.6) is 0 Å². The topological polar surface area (TPSA) is 80.4 Å². The van der Waals surface area contributed by atoms with Crippen molar-refractivity contribution in [3.8, 4) is 11.4 Å². The van der Waals surface area contributed by atoms with E-state index in [4.69, 9.17) is 5.11 Å². The Balaban J connectivity index is 2.20. The first kappa shape index (κ1) is 10.4. The minimum Gasteiger partial charge on any atom is -0.478 e. The lowest BCUT2D eigenvalue weighted by molar-refractivity contribution is 0.0697. The Morgan fingerprint density at radius 2 is 2.11 bits per heavy atom. The van der Waals surface area contributed by atoms with Crippen molar-refractivity contribution in [1.82, 2.24) is 19.6 Å². The predicted molar refractivity (Wildman–Crippen MR) is 63.2 cm³/mol. The van der Waals surface area contributed by atoms with E-state index in [0.29, 0.717) is 17.0 Å². The zero-order chi connectivity index (χ0) is 12.5. The van der Waals surface area contributed by atoms with Crippen LogP contribution >= 0.6 is 0 Å². The van der Waals surface area contributed by atoms with E-state index in [1.54, 1.807) is 23.0 Å². The Morgan fingerprint density at radius 1 is 1.22 bits per heavy atom. The molecule has 6 heteroatoms. The van der Waals surface area contributed by atoms with E-state index in [0.717, 1.165) is 0 Å². The number of carboxylic acids is 1. The molecule has 0 spiro atoms. The molecular weight excluding hydrogens is 232 g/mol. The predicted octanol–water partition coefficient (Wildman–Crippen LogP) is 1.49. The van der Waals surface area contributed by atoms with E-state index in [1.807, 2.05) is 6.07 Å². The third kappa shape index (κ3) is 1.60. The zero-order valence-corrected chi connectivity index (χ0v) is 9.19. The van der Waals surface area contributed by atoms with Gasteiger partial charge < -0.3 is 5.11 Å². The van der Waals surface area contributed by atoms with Gasteiger partial charge in [-0.2, -0.15) is 5.10 Å². The molecule has 3 aromatic heterocycles. The molecule has 0 atom stereocenters. The maximum Gasteiger partial charge on any atom is 0.335 e. The van der Waals surface area contributed by atoms with Crippen molar-refractivity contribution in [1.29, 1.82) is 0 Å². The molecular formula is C12H8N4O2. The molecule has 88 valence electrons. The lowest BCUT2D eigenvalue weighted by Crippen LogP contribution is -1.99. The zero-order valence-electron chi connectivity index (χ0n) is 9.19. The summed E-state index contributed by atoms with van der Waals surface area (Å²) in [6.07, 6.45) is 4.72. The first-order chi connectivity index (χ1) is 8.75. The first-order valence-electron chi connectivity index (χ1n) is 5.24. The summed E-state index contributed by atoms with van der Waals surface area (Å²) in [6, 6.07) is 6.55. The monoisotopic (exact) mass is 240 g/mol. The van der Waals surface area contributed by atoms with E-state index >= 15 is 0 Å². The van der Waals surface area contributed by atoms with Gasteiger partial charge in [-0.3, -0.25) is 4.98 Å². The van der Waals surface area contributed by atoms with E-state index in [1.165, 1.54) is 18.3 Å². The highest BCUT2D eigenvalue weighted by molar-refractivity contribution is 5.88. The molecule has 0 fully saturated rings. The Hall–Kier alpha value is -2.76. The third-order valence-electron chi connectivity index (χ3n) is 2.55. The highest BCUT2D eigenvalue weighted by atomic mass is 16.4. The van der Waals surface area contributed by atoms with Crippen LogP contribution in [0.15, 0.2) is 42.9 Å². The van der Waals surface area contributed by atoms with Crippen molar-refractivity contribution in [2.24, 2.45) is 0 Å². The maximum atomic E-state index is 10.9. The summed E-state index contributed by atoms with van der Waals surface area (Å²) >= 11 is 0. The number of fused-ring (bicyclic) bond motifs is 1. The van der Waals surface area contributed by atoms with E-state index in [9.17, 15) is 4.79 Å². The van der Waals surface area contributed by atoms with Crippen LogP contribution in [0.2, 0.25) is 0 Å². The van der Waals surface area contributed by atoms with Gasteiger partial charge in [0.15, 0.2) is 5.65 Å². The molecule has 3 rings (SSSR count). The number of hydrogen-bond donors (Lipinski definition) is 1. The van der Waals surface area contributed by atoms with Crippen LogP contribution in [0.4, 0.5) is 0 Å². The average molecular weight is 240 g/mol. The fourth-order valence-electron chi connectivity index (χ4n) is 1.71. The quantitative estimate of drug-likeness (QED) is 0.734. The SMILES string of the molecule is O=C(O)c1ccnc(-c2cnc3cccnn23)c1. The molecule has 0 aliphatic carbocycles. The number of carbonyl (C=O) groups is 1. The second-order valence-electron chi connectivity index (χ2n) is 3.67. The molecule has 0 saturated heterocycles. The van der Waals surface area contributed by atoms with Crippen molar-refractivity contribution in [3.05, 3.63) is 48.4 Å². The average Bonchev–Trinajstić information content (AvgIpc) is 2.82. The first-order valence-corrected chi connectivity index (χ1v) is 5.24. The number of pyridine rings is 1. The summed E-state index contributed by atoms with van der Waals surface area (Å²) in [6.45, 7) is 0. The van der Waals surface area contributed by atoms with Gasteiger partial charge in [0.2, 0.25) is 0 Å². The molecule has 0 saturated carbocycles. The number of imidazole rings is 1. The summed E-state index contributed by atoms with van der Waals surface area (Å²) in [5.74, 6) is -0.986. The van der Waals surface area contributed by atoms with Crippen LogP contribution in [0.25, 0.3) is 17.0 Å². The minimum absolute atomic E-state index is 0.186. The third-order valence-corrected chi connectivity index (χ3v) is 2.55. The molecule has 3 aromatic rings. The van der Waals surface area contributed by atoms with Crippen LogP contribution in [0, 0.1) is 0 Å². The normalized spacial score (nSPS) is 10.7. The number of aromatic carboxylic acids is 1. The van der Waals surface area contributed by atoms with Crippen molar-refractivity contribution in [2.45, 2.75) is 0 Å².